The van der Waals surface area contributed by atoms with Crippen LogP contribution in [0.2, 0.25) is 0 Å². The van der Waals surface area contributed by atoms with Crippen LogP contribution >= 0.6 is 0 Å². The number of hydrogen-bond donors (Lipinski definition) is 0. The van der Waals surface area contributed by atoms with Gasteiger partial charge in [-0.1, -0.05) is 33.6 Å². The molecule has 1 unspecified atom stereocenters. The lowest BCUT2D eigenvalue weighted by atomic mass is 9.89. The van der Waals surface area contributed by atoms with Crippen molar-refractivity contribution in [3.63, 3.8) is 0 Å². The largest absolute Gasteiger partial charge is 0.375 e. The van der Waals surface area contributed by atoms with Crippen molar-refractivity contribution in [2.24, 2.45) is 5.92 Å². The first kappa shape index (κ1) is 13.0. The van der Waals surface area contributed by atoms with Crippen LogP contribution in [0.15, 0.2) is 0 Å². The zero-order valence-corrected chi connectivity index (χ0v) is 10.0. The SMILES string of the molecule is CCCCOC(C)(C)C(C)CCC. The minimum absolute atomic E-state index is 0.0607. The first-order chi connectivity index (χ1) is 6.04. The molecule has 0 aliphatic carbocycles. The summed E-state index contributed by atoms with van der Waals surface area (Å²) in [5, 5.41) is 0. The topological polar surface area (TPSA) is 9.23 Å². The normalized spacial score (nSPS) is 14.5. The van der Waals surface area contributed by atoms with Crippen molar-refractivity contribution >= 4 is 0 Å². The molecule has 1 heteroatoms. The molecule has 1 nitrogen and oxygen atoms in total. The highest BCUT2D eigenvalue weighted by Crippen LogP contribution is 2.25. The predicted molar refractivity (Wildman–Crippen MR) is 59.0 cm³/mol. The highest BCUT2D eigenvalue weighted by Gasteiger charge is 2.25. The number of hydrogen-bond acceptors (Lipinski definition) is 1. The quantitative estimate of drug-likeness (QED) is 0.546. The molecule has 0 fully saturated rings. The fourth-order valence-electron chi connectivity index (χ4n) is 1.40. The number of unbranched alkanes of at least 4 members (excludes halogenated alkanes) is 1. The van der Waals surface area contributed by atoms with Gasteiger partial charge in [0.25, 0.3) is 0 Å². The van der Waals surface area contributed by atoms with E-state index in [1.54, 1.807) is 0 Å². The minimum Gasteiger partial charge on any atom is -0.375 e. The molecule has 0 spiro atoms. The summed E-state index contributed by atoms with van der Waals surface area (Å²) in [4.78, 5) is 0. The van der Waals surface area contributed by atoms with Gasteiger partial charge in [0.1, 0.15) is 0 Å². The Kier molecular flexibility index (Phi) is 6.40. The van der Waals surface area contributed by atoms with Crippen LogP contribution in [0, 0.1) is 5.92 Å². The van der Waals surface area contributed by atoms with Gasteiger partial charge < -0.3 is 4.74 Å². The van der Waals surface area contributed by atoms with Crippen molar-refractivity contribution in [2.75, 3.05) is 6.61 Å². The lowest BCUT2D eigenvalue weighted by molar-refractivity contribution is -0.0584. The standard InChI is InChI=1S/C12H26O/c1-6-8-10-13-12(4,5)11(3)9-7-2/h11H,6-10H2,1-5H3. The van der Waals surface area contributed by atoms with E-state index in [1.165, 1.54) is 25.7 Å². The van der Waals surface area contributed by atoms with Gasteiger partial charge in [0.15, 0.2) is 0 Å². The average molecular weight is 186 g/mol. The molecule has 0 heterocycles. The third-order valence-corrected chi connectivity index (χ3v) is 2.88. The van der Waals surface area contributed by atoms with Crippen LogP contribution in [0.25, 0.3) is 0 Å². The van der Waals surface area contributed by atoms with E-state index in [4.69, 9.17) is 4.74 Å². The lowest BCUT2D eigenvalue weighted by Crippen LogP contribution is -2.33. The Labute approximate surface area is 83.9 Å². The molecule has 0 bridgehead atoms. The minimum atomic E-state index is 0.0607. The van der Waals surface area contributed by atoms with E-state index >= 15 is 0 Å². The van der Waals surface area contributed by atoms with Crippen molar-refractivity contribution in [3.8, 4) is 0 Å². The van der Waals surface area contributed by atoms with Crippen molar-refractivity contribution in [1.29, 1.82) is 0 Å². The average Bonchev–Trinajstić information content (AvgIpc) is 2.05. The monoisotopic (exact) mass is 186 g/mol. The maximum atomic E-state index is 5.88. The molecule has 0 aromatic carbocycles. The molecule has 0 aliphatic rings. The molecule has 0 rings (SSSR count). The Morgan fingerprint density at radius 2 is 1.77 bits per heavy atom. The van der Waals surface area contributed by atoms with Crippen LogP contribution < -0.4 is 0 Å². The lowest BCUT2D eigenvalue weighted by Gasteiger charge is -2.32. The highest BCUT2D eigenvalue weighted by atomic mass is 16.5. The summed E-state index contributed by atoms with van der Waals surface area (Å²) >= 11 is 0. The smallest absolute Gasteiger partial charge is 0.0651 e. The van der Waals surface area contributed by atoms with E-state index < -0.39 is 0 Å². The van der Waals surface area contributed by atoms with E-state index in [9.17, 15) is 0 Å². The summed E-state index contributed by atoms with van der Waals surface area (Å²) in [5.41, 5.74) is 0.0607. The number of rotatable bonds is 7. The molecule has 0 amide bonds. The fourth-order valence-corrected chi connectivity index (χ4v) is 1.40. The van der Waals surface area contributed by atoms with Gasteiger partial charge in [0.05, 0.1) is 5.60 Å². The second-order valence-electron chi connectivity index (χ2n) is 4.50. The molecule has 0 saturated heterocycles. The van der Waals surface area contributed by atoms with Gasteiger partial charge in [-0.25, -0.2) is 0 Å². The Morgan fingerprint density at radius 1 is 1.15 bits per heavy atom. The molecule has 13 heavy (non-hydrogen) atoms. The zero-order valence-electron chi connectivity index (χ0n) is 10.0. The first-order valence-corrected chi connectivity index (χ1v) is 5.68. The van der Waals surface area contributed by atoms with Crippen LogP contribution in [0.3, 0.4) is 0 Å². The van der Waals surface area contributed by atoms with E-state index in [2.05, 4.69) is 34.6 Å². The van der Waals surface area contributed by atoms with E-state index in [0.29, 0.717) is 5.92 Å². The van der Waals surface area contributed by atoms with Gasteiger partial charge in [-0.05, 0) is 32.6 Å². The van der Waals surface area contributed by atoms with Crippen molar-refractivity contribution in [2.45, 2.75) is 65.9 Å². The number of ether oxygens (including phenoxy) is 1. The van der Waals surface area contributed by atoms with Gasteiger partial charge in [-0.15, -0.1) is 0 Å². The van der Waals surface area contributed by atoms with Gasteiger partial charge in [-0.2, -0.15) is 0 Å². The third-order valence-electron chi connectivity index (χ3n) is 2.88. The van der Waals surface area contributed by atoms with Crippen molar-refractivity contribution in [1.82, 2.24) is 0 Å². The highest BCUT2D eigenvalue weighted by molar-refractivity contribution is 4.75. The van der Waals surface area contributed by atoms with Crippen molar-refractivity contribution in [3.05, 3.63) is 0 Å². The molecule has 0 aromatic rings. The van der Waals surface area contributed by atoms with Gasteiger partial charge in [-0.3, -0.25) is 0 Å². The predicted octanol–water partition coefficient (Wildman–Crippen LogP) is 4.02. The van der Waals surface area contributed by atoms with E-state index in [1.807, 2.05) is 0 Å². The Bertz CT molecular complexity index is 118. The second-order valence-corrected chi connectivity index (χ2v) is 4.50. The Balaban J connectivity index is 3.76. The van der Waals surface area contributed by atoms with Crippen LogP contribution in [0.5, 0.6) is 0 Å². The van der Waals surface area contributed by atoms with Gasteiger partial charge in [0.2, 0.25) is 0 Å². The summed E-state index contributed by atoms with van der Waals surface area (Å²) in [7, 11) is 0. The maximum Gasteiger partial charge on any atom is 0.0651 e. The summed E-state index contributed by atoms with van der Waals surface area (Å²) in [6.45, 7) is 12.1. The molecule has 0 radical (unpaired) electrons. The van der Waals surface area contributed by atoms with Crippen LogP contribution in [0.4, 0.5) is 0 Å². The van der Waals surface area contributed by atoms with Crippen LogP contribution in [0.1, 0.15) is 60.3 Å². The molecule has 0 saturated carbocycles. The second kappa shape index (κ2) is 6.42. The molecular formula is C12H26O. The Morgan fingerprint density at radius 3 is 2.23 bits per heavy atom. The summed E-state index contributed by atoms with van der Waals surface area (Å²) in [6, 6.07) is 0. The first-order valence-electron chi connectivity index (χ1n) is 5.68. The van der Waals surface area contributed by atoms with Crippen LogP contribution in [-0.2, 0) is 4.74 Å². The van der Waals surface area contributed by atoms with Gasteiger partial charge in [0, 0.05) is 6.61 Å². The van der Waals surface area contributed by atoms with E-state index in [0.717, 1.165) is 6.61 Å². The summed E-state index contributed by atoms with van der Waals surface area (Å²) in [5.74, 6) is 0.661. The molecule has 0 N–H and O–H groups in total. The molecule has 0 aliphatic heterocycles. The zero-order chi connectivity index (χ0) is 10.3. The van der Waals surface area contributed by atoms with Crippen molar-refractivity contribution < 1.29 is 4.74 Å². The third kappa shape index (κ3) is 5.30. The van der Waals surface area contributed by atoms with E-state index in [-0.39, 0.29) is 5.60 Å². The molecule has 1 atom stereocenters. The Hall–Kier alpha value is -0.0400. The molecule has 0 aromatic heterocycles. The van der Waals surface area contributed by atoms with Gasteiger partial charge >= 0.3 is 0 Å². The van der Waals surface area contributed by atoms with Crippen LogP contribution in [-0.4, -0.2) is 12.2 Å². The summed E-state index contributed by atoms with van der Waals surface area (Å²) < 4.78 is 5.88. The molecular weight excluding hydrogens is 160 g/mol. The molecule has 80 valence electrons. The summed E-state index contributed by atoms with van der Waals surface area (Å²) in [6.07, 6.45) is 4.92. The fraction of sp³-hybridized carbons (Fsp3) is 1.00. The maximum absolute atomic E-state index is 5.88.